The van der Waals surface area contributed by atoms with E-state index in [1.807, 2.05) is 30.3 Å². The monoisotopic (exact) mass is 412 g/mol. The Balaban J connectivity index is 1.63. The minimum absolute atomic E-state index is 0.0847. The number of anilines is 1. The number of ether oxygens (including phenoxy) is 3. The van der Waals surface area contributed by atoms with Crippen LogP contribution in [0, 0.1) is 0 Å². The highest BCUT2D eigenvalue weighted by atomic mass is 16.5. The quantitative estimate of drug-likeness (QED) is 0.454. The Kier molecular flexibility index (Phi) is 7.29. The first-order chi connectivity index (χ1) is 14.6. The number of nitrogens with one attached hydrogen (secondary N) is 1. The van der Waals surface area contributed by atoms with E-state index in [0.29, 0.717) is 24.7 Å². The molecule has 0 bridgehead atoms. The van der Waals surface area contributed by atoms with Gasteiger partial charge in [-0.3, -0.25) is 4.79 Å². The number of carbonyl (C=O) groups is 2. The minimum atomic E-state index is -0.586. The van der Waals surface area contributed by atoms with Crippen LogP contribution in [-0.4, -0.2) is 61.9 Å². The van der Waals surface area contributed by atoms with Crippen molar-refractivity contribution >= 4 is 17.6 Å². The van der Waals surface area contributed by atoms with Gasteiger partial charge in [0, 0.05) is 18.3 Å². The molecule has 8 nitrogen and oxygen atoms in total. The third-order valence-corrected chi connectivity index (χ3v) is 4.42. The molecule has 30 heavy (non-hydrogen) atoms. The average molecular weight is 412 g/mol. The first-order valence-electron chi connectivity index (χ1n) is 9.51. The standard InChI is InChI=1S/C22H24N2O6/c1-28-22(27)19-15-24(10-11-25)21(26)20(19)23-16-6-5-9-18(14-16)30-13-12-29-17-7-3-2-4-8-17/h2-9,14,23,25H,10-13,15H2,1H3. The van der Waals surface area contributed by atoms with Crippen LogP contribution in [0.3, 0.4) is 0 Å². The molecule has 1 aliphatic rings. The van der Waals surface area contributed by atoms with Gasteiger partial charge in [0.25, 0.3) is 5.91 Å². The van der Waals surface area contributed by atoms with E-state index in [2.05, 4.69) is 5.32 Å². The zero-order valence-electron chi connectivity index (χ0n) is 16.7. The molecule has 3 rings (SSSR count). The Bertz CT molecular complexity index is 913. The Hall–Kier alpha value is -3.52. The van der Waals surface area contributed by atoms with Crippen LogP contribution in [0.5, 0.6) is 11.5 Å². The second kappa shape index (κ2) is 10.3. The van der Waals surface area contributed by atoms with E-state index in [-0.39, 0.29) is 36.9 Å². The summed E-state index contributed by atoms with van der Waals surface area (Å²) in [4.78, 5) is 26.1. The van der Waals surface area contributed by atoms with E-state index in [9.17, 15) is 9.59 Å². The topological polar surface area (TPSA) is 97.3 Å². The summed E-state index contributed by atoms with van der Waals surface area (Å²) < 4.78 is 16.1. The van der Waals surface area contributed by atoms with E-state index in [1.54, 1.807) is 24.3 Å². The molecule has 0 aromatic heterocycles. The molecular weight excluding hydrogens is 388 g/mol. The summed E-state index contributed by atoms with van der Waals surface area (Å²) in [6, 6.07) is 16.5. The molecule has 0 spiro atoms. The normalized spacial score (nSPS) is 13.4. The zero-order valence-corrected chi connectivity index (χ0v) is 16.7. The lowest BCUT2D eigenvalue weighted by Crippen LogP contribution is -2.31. The third-order valence-electron chi connectivity index (χ3n) is 4.42. The number of benzene rings is 2. The molecule has 2 aromatic carbocycles. The van der Waals surface area contributed by atoms with Crippen LogP contribution in [0.15, 0.2) is 65.9 Å². The molecule has 1 heterocycles. The molecule has 0 radical (unpaired) electrons. The highest BCUT2D eigenvalue weighted by Crippen LogP contribution is 2.25. The molecule has 0 unspecified atom stereocenters. The summed E-state index contributed by atoms with van der Waals surface area (Å²) in [6.45, 7) is 0.754. The Labute approximate surface area is 174 Å². The van der Waals surface area contributed by atoms with Crippen molar-refractivity contribution in [1.29, 1.82) is 0 Å². The number of amides is 1. The number of para-hydroxylation sites is 1. The van der Waals surface area contributed by atoms with Gasteiger partial charge in [0.15, 0.2) is 0 Å². The molecule has 0 aliphatic carbocycles. The SMILES string of the molecule is COC(=O)C1=C(Nc2cccc(OCCOc3ccccc3)c2)C(=O)N(CCO)C1. The van der Waals surface area contributed by atoms with Gasteiger partial charge in [0.05, 0.1) is 25.8 Å². The fraction of sp³-hybridized carbons (Fsp3) is 0.273. The van der Waals surface area contributed by atoms with Crippen molar-refractivity contribution in [3.05, 3.63) is 65.9 Å². The van der Waals surface area contributed by atoms with Gasteiger partial charge in [0.1, 0.15) is 30.4 Å². The summed E-state index contributed by atoms with van der Waals surface area (Å²) >= 11 is 0. The average Bonchev–Trinajstić information content (AvgIpc) is 3.07. The molecule has 1 aliphatic heterocycles. The Morgan fingerprint density at radius 2 is 1.77 bits per heavy atom. The largest absolute Gasteiger partial charge is 0.490 e. The lowest BCUT2D eigenvalue weighted by atomic mass is 10.2. The van der Waals surface area contributed by atoms with Crippen LogP contribution in [0.2, 0.25) is 0 Å². The van der Waals surface area contributed by atoms with Crippen LogP contribution in [0.1, 0.15) is 0 Å². The molecular formula is C22H24N2O6. The maximum absolute atomic E-state index is 12.6. The number of nitrogens with zero attached hydrogens (tertiary/aromatic N) is 1. The highest BCUT2D eigenvalue weighted by molar-refractivity contribution is 6.08. The third kappa shape index (κ3) is 5.30. The molecule has 2 N–H and O–H groups in total. The predicted octanol–water partition coefficient (Wildman–Crippen LogP) is 1.82. The van der Waals surface area contributed by atoms with Gasteiger partial charge in [0.2, 0.25) is 0 Å². The number of carbonyl (C=O) groups excluding carboxylic acids is 2. The first-order valence-corrected chi connectivity index (χ1v) is 9.51. The predicted molar refractivity (Wildman–Crippen MR) is 110 cm³/mol. The van der Waals surface area contributed by atoms with Crippen molar-refractivity contribution in [1.82, 2.24) is 4.90 Å². The highest BCUT2D eigenvalue weighted by Gasteiger charge is 2.34. The smallest absolute Gasteiger partial charge is 0.337 e. The summed E-state index contributed by atoms with van der Waals surface area (Å²) in [6.07, 6.45) is 0. The summed E-state index contributed by atoms with van der Waals surface area (Å²) in [7, 11) is 1.26. The fourth-order valence-electron chi connectivity index (χ4n) is 2.99. The van der Waals surface area contributed by atoms with Gasteiger partial charge in [-0.15, -0.1) is 0 Å². The number of aliphatic hydroxyl groups excluding tert-OH is 1. The second-order valence-electron chi connectivity index (χ2n) is 6.46. The van der Waals surface area contributed by atoms with Crippen LogP contribution in [0.4, 0.5) is 5.69 Å². The molecule has 158 valence electrons. The van der Waals surface area contributed by atoms with Crippen molar-refractivity contribution in [2.24, 2.45) is 0 Å². The number of aliphatic hydroxyl groups is 1. The summed E-state index contributed by atoms with van der Waals surface area (Å²) in [5.74, 6) is 0.407. The number of methoxy groups -OCH3 is 1. The molecule has 0 atom stereocenters. The maximum Gasteiger partial charge on any atom is 0.337 e. The molecule has 2 aromatic rings. The zero-order chi connectivity index (χ0) is 21.3. The van der Waals surface area contributed by atoms with Crippen LogP contribution in [-0.2, 0) is 14.3 Å². The second-order valence-corrected chi connectivity index (χ2v) is 6.46. The Morgan fingerprint density at radius 3 is 2.47 bits per heavy atom. The Morgan fingerprint density at radius 1 is 1.07 bits per heavy atom. The van der Waals surface area contributed by atoms with Crippen LogP contribution >= 0.6 is 0 Å². The molecule has 1 amide bonds. The van der Waals surface area contributed by atoms with Gasteiger partial charge >= 0.3 is 5.97 Å². The molecule has 8 heteroatoms. The lowest BCUT2D eigenvalue weighted by molar-refractivity contribution is -0.136. The van der Waals surface area contributed by atoms with Gasteiger partial charge in [-0.2, -0.15) is 0 Å². The maximum atomic E-state index is 12.6. The van der Waals surface area contributed by atoms with Crippen molar-refractivity contribution in [2.75, 3.05) is 45.3 Å². The number of hydrogen-bond donors (Lipinski definition) is 2. The van der Waals surface area contributed by atoms with Gasteiger partial charge < -0.3 is 29.5 Å². The first kappa shape index (κ1) is 21.2. The fourth-order valence-corrected chi connectivity index (χ4v) is 2.99. The number of esters is 1. The van der Waals surface area contributed by atoms with E-state index in [4.69, 9.17) is 19.3 Å². The van der Waals surface area contributed by atoms with E-state index in [1.165, 1.54) is 12.0 Å². The number of rotatable bonds is 10. The molecule has 0 saturated heterocycles. The van der Waals surface area contributed by atoms with Crippen LogP contribution in [0.25, 0.3) is 0 Å². The van der Waals surface area contributed by atoms with Gasteiger partial charge in [-0.05, 0) is 24.3 Å². The van der Waals surface area contributed by atoms with E-state index < -0.39 is 5.97 Å². The lowest BCUT2D eigenvalue weighted by Gasteiger charge is -2.15. The summed E-state index contributed by atoms with van der Waals surface area (Å²) in [5.41, 5.74) is 0.950. The number of hydrogen-bond acceptors (Lipinski definition) is 7. The summed E-state index contributed by atoms with van der Waals surface area (Å²) in [5, 5.41) is 12.1. The van der Waals surface area contributed by atoms with Crippen molar-refractivity contribution in [3.8, 4) is 11.5 Å². The van der Waals surface area contributed by atoms with Crippen molar-refractivity contribution in [2.45, 2.75) is 0 Å². The van der Waals surface area contributed by atoms with E-state index >= 15 is 0 Å². The minimum Gasteiger partial charge on any atom is -0.490 e. The van der Waals surface area contributed by atoms with Crippen molar-refractivity contribution in [3.63, 3.8) is 0 Å². The molecule has 0 fully saturated rings. The van der Waals surface area contributed by atoms with Gasteiger partial charge in [-0.25, -0.2) is 4.79 Å². The number of β-amino-alcohol motifs (C(OH)–C–C–N with tert-alkyl or cyclic N) is 1. The van der Waals surface area contributed by atoms with Gasteiger partial charge in [-0.1, -0.05) is 24.3 Å². The van der Waals surface area contributed by atoms with Crippen molar-refractivity contribution < 1.29 is 28.9 Å². The van der Waals surface area contributed by atoms with Crippen LogP contribution < -0.4 is 14.8 Å². The molecule has 0 saturated carbocycles. The van der Waals surface area contributed by atoms with E-state index in [0.717, 1.165) is 5.75 Å².